The molecule has 0 saturated carbocycles. The molecule has 0 aliphatic rings. The van der Waals surface area contributed by atoms with Crippen LogP contribution in [0.1, 0.15) is 37.3 Å². The molecule has 1 N–H and O–H groups in total. The molecule has 0 saturated heterocycles. The maximum absolute atomic E-state index is 12.4. The van der Waals surface area contributed by atoms with E-state index in [9.17, 15) is 8.42 Å². The summed E-state index contributed by atoms with van der Waals surface area (Å²) in [5.74, 6) is 0.479. The molecule has 2 rings (SSSR count). The molecule has 0 bridgehead atoms. The molecule has 4 heteroatoms. The quantitative estimate of drug-likeness (QED) is 0.894. The molecule has 0 aromatic heterocycles. The van der Waals surface area contributed by atoms with Crippen molar-refractivity contribution in [2.75, 3.05) is 4.72 Å². The van der Waals surface area contributed by atoms with E-state index in [2.05, 4.69) is 18.6 Å². The molecule has 1 unspecified atom stereocenters. The smallest absolute Gasteiger partial charge is 0.262 e. The Balaban J connectivity index is 2.23. The van der Waals surface area contributed by atoms with Gasteiger partial charge in [-0.1, -0.05) is 44.2 Å². The van der Waals surface area contributed by atoms with Gasteiger partial charge in [-0.15, -0.1) is 0 Å². The lowest BCUT2D eigenvalue weighted by molar-refractivity contribution is 0.600. The lowest BCUT2D eigenvalue weighted by Crippen LogP contribution is -2.14. The number of nitrogens with one attached hydrogen (secondary N) is 1. The van der Waals surface area contributed by atoms with Gasteiger partial charge in [0.1, 0.15) is 0 Å². The second-order valence-corrected chi connectivity index (χ2v) is 6.95. The Kier molecular flexibility index (Phi) is 4.68. The summed E-state index contributed by atoms with van der Waals surface area (Å²) in [5.41, 5.74) is 2.54. The third-order valence-electron chi connectivity index (χ3n) is 3.73. The maximum Gasteiger partial charge on any atom is 0.262 e. The molecule has 2 aromatic rings. The highest BCUT2D eigenvalue weighted by Crippen LogP contribution is 2.23. The van der Waals surface area contributed by atoms with Gasteiger partial charge in [0, 0.05) is 5.69 Å². The Bertz CT molecular complexity index is 706. The third kappa shape index (κ3) is 3.64. The number of benzene rings is 2. The minimum atomic E-state index is -3.53. The van der Waals surface area contributed by atoms with E-state index in [0.717, 1.165) is 12.0 Å². The topological polar surface area (TPSA) is 46.2 Å². The van der Waals surface area contributed by atoms with Crippen molar-refractivity contribution in [1.29, 1.82) is 0 Å². The van der Waals surface area contributed by atoms with E-state index in [1.54, 1.807) is 25.1 Å². The first-order valence-corrected chi connectivity index (χ1v) is 8.60. The van der Waals surface area contributed by atoms with Crippen molar-refractivity contribution < 1.29 is 8.42 Å². The summed E-state index contributed by atoms with van der Waals surface area (Å²) in [4.78, 5) is 0.316. The Hall–Kier alpha value is -1.81. The van der Waals surface area contributed by atoms with Crippen LogP contribution in [0.3, 0.4) is 0 Å². The highest BCUT2D eigenvalue weighted by atomic mass is 32.2. The van der Waals surface area contributed by atoms with E-state index in [0.29, 0.717) is 16.5 Å². The molecule has 2 aromatic carbocycles. The van der Waals surface area contributed by atoms with Crippen LogP contribution in [0.15, 0.2) is 53.4 Å². The van der Waals surface area contributed by atoms with Gasteiger partial charge in [0.15, 0.2) is 0 Å². The number of hydrogen-bond donors (Lipinski definition) is 1. The van der Waals surface area contributed by atoms with E-state index in [4.69, 9.17) is 0 Å². The monoisotopic (exact) mass is 303 g/mol. The van der Waals surface area contributed by atoms with Gasteiger partial charge in [0.25, 0.3) is 10.0 Å². The first-order chi connectivity index (χ1) is 9.94. The summed E-state index contributed by atoms with van der Waals surface area (Å²) >= 11 is 0. The average Bonchev–Trinajstić information content (AvgIpc) is 2.47. The summed E-state index contributed by atoms with van der Waals surface area (Å²) in [6, 6.07) is 14.6. The summed E-state index contributed by atoms with van der Waals surface area (Å²) in [6.45, 7) is 6.09. The zero-order valence-corrected chi connectivity index (χ0v) is 13.4. The number of hydrogen-bond acceptors (Lipinski definition) is 2. The number of rotatable bonds is 5. The predicted octanol–water partition coefficient (Wildman–Crippen LogP) is 4.31. The minimum absolute atomic E-state index is 0.316. The number of aryl methyl sites for hydroxylation is 1. The van der Waals surface area contributed by atoms with Gasteiger partial charge >= 0.3 is 0 Å². The van der Waals surface area contributed by atoms with Gasteiger partial charge in [-0.25, -0.2) is 8.42 Å². The second kappa shape index (κ2) is 6.31. The van der Waals surface area contributed by atoms with Gasteiger partial charge < -0.3 is 0 Å². The van der Waals surface area contributed by atoms with Crippen molar-refractivity contribution in [2.45, 2.75) is 38.0 Å². The third-order valence-corrected chi connectivity index (χ3v) is 5.27. The first-order valence-electron chi connectivity index (χ1n) is 7.12. The maximum atomic E-state index is 12.4. The molecule has 112 valence electrons. The lowest BCUT2D eigenvalue weighted by Gasteiger charge is -2.12. The molecule has 21 heavy (non-hydrogen) atoms. The summed E-state index contributed by atoms with van der Waals surface area (Å²) in [5, 5.41) is 0. The number of anilines is 1. The van der Waals surface area contributed by atoms with Crippen LogP contribution >= 0.6 is 0 Å². The van der Waals surface area contributed by atoms with E-state index >= 15 is 0 Å². The van der Waals surface area contributed by atoms with E-state index in [1.807, 2.05) is 30.3 Å². The molecule has 0 heterocycles. The molecule has 0 amide bonds. The molecular weight excluding hydrogens is 282 g/mol. The molecule has 3 nitrogen and oxygen atoms in total. The van der Waals surface area contributed by atoms with Crippen LogP contribution in [-0.2, 0) is 10.0 Å². The average molecular weight is 303 g/mol. The number of sulfonamides is 1. The van der Waals surface area contributed by atoms with Crippen LogP contribution in [0, 0.1) is 6.92 Å². The van der Waals surface area contributed by atoms with Crippen LogP contribution in [0.2, 0.25) is 0 Å². The second-order valence-electron chi connectivity index (χ2n) is 5.30. The van der Waals surface area contributed by atoms with Crippen LogP contribution in [0.5, 0.6) is 0 Å². The zero-order chi connectivity index (χ0) is 15.5. The van der Waals surface area contributed by atoms with Crippen molar-refractivity contribution in [3.05, 3.63) is 59.7 Å². The molecule has 0 fully saturated rings. The van der Waals surface area contributed by atoms with Crippen molar-refractivity contribution >= 4 is 15.7 Å². The van der Waals surface area contributed by atoms with E-state index in [1.165, 1.54) is 5.56 Å². The summed E-state index contributed by atoms with van der Waals surface area (Å²) in [6.07, 6.45) is 1.06. The van der Waals surface area contributed by atoms with Crippen LogP contribution in [0.4, 0.5) is 5.69 Å². The predicted molar refractivity (Wildman–Crippen MR) is 87.1 cm³/mol. The standard InChI is InChI=1S/C17H21NO2S/c1-4-13(2)15-9-11-16(12-10-15)18-21(19,20)17-8-6-5-7-14(17)3/h5-13,18H,4H2,1-3H3. The van der Waals surface area contributed by atoms with Gasteiger partial charge in [0.05, 0.1) is 4.90 Å². The Morgan fingerprint density at radius 2 is 1.67 bits per heavy atom. The van der Waals surface area contributed by atoms with E-state index < -0.39 is 10.0 Å². The fraction of sp³-hybridized carbons (Fsp3) is 0.294. The molecule has 0 spiro atoms. The normalized spacial score (nSPS) is 12.9. The van der Waals surface area contributed by atoms with Gasteiger partial charge in [0.2, 0.25) is 0 Å². The fourth-order valence-electron chi connectivity index (χ4n) is 2.18. The van der Waals surface area contributed by atoms with Crippen molar-refractivity contribution in [3.8, 4) is 0 Å². The van der Waals surface area contributed by atoms with Crippen LogP contribution in [0.25, 0.3) is 0 Å². The van der Waals surface area contributed by atoms with Crippen molar-refractivity contribution in [2.24, 2.45) is 0 Å². The van der Waals surface area contributed by atoms with Gasteiger partial charge in [-0.2, -0.15) is 0 Å². The fourth-order valence-corrected chi connectivity index (χ4v) is 3.49. The Labute approximate surface area is 127 Å². The van der Waals surface area contributed by atoms with Gasteiger partial charge in [-0.3, -0.25) is 4.72 Å². The summed E-state index contributed by atoms with van der Waals surface area (Å²) < 4.78 is 27.4. The van der Waals surface area contributed by atoms with Crippen molar-refractivity contribution in [3.63, 3.8) is 0 Å². The van der Waals surface area contributed by atoms with Gasteiger partial charge in [-0.05, 0) is 48.6 Å². The Morgan fingerprint density at radius 3 is 2.24 bits per heavy atom. The van der Waals surface area contributed by atoms with Crippen molar-refractivity contribution in [1.82, 2.24) is 0 Å². The zero-order valence-electron chi connectivity index (χ0n) is 12.6. The molecular formula is C17H21NO2S. The van der Waals surface area contributed by atoms with Crippen LogP contribution < -0.4 is 4.72 Å². The largest absolute Gasteiger partial charge is 0.280 e. The highest BCUT2D eigenvalue weighted by molar-refractivity contribution is 7.92. The SMILES string of the molecule is CCC(C)c1ccc(NS(=O)(=O)c2ccccc2C)cc1. The molecule has 0 aliphatic heterocycles. The minimum Gasteiger partial charge on any atom is -0.280 e. The molecule has 0 radical (unpaired) electrons. The lowest BCUT2D eigenvalue weighted by atomic mass is 9.99. The van der Waals surface area contributed by atoms with E-state index in [-0.39, 0.29) is 0 Å². The molecule has 0 aliphatic carbocycles. The molecule has 1 atom stereocenters. The van der Waals surface area contributed by atoms with Crippen LogP contribution in [-0.4, -0.2) is 8.42 Å². The highest BCUT2D eigenvalue weighted by Gasteiger charge is 2.16. The summed E-state index contributed by atoms with van der Waals surface area (Å²) in [7, 11) is -3.53. The first kappa shape index (κ1) is 15.6. The Morgan fingerprint density at radius 1 is 1.05 bits per heavy atom.